The number of halogens is 2. The maximum atomic E-state index is 5.73. The van der Waals surface area contributed by atoms with Gasteiger partial charge < -0.3 is 11.5 Å². The Morgan fingerprint density at radius 2 is 1.67 bits per heavy atom. The fourth-order valence-electron chi connectivity index (χ4n) is 1.11. The van der Waals surface area contributed by atoms with Gasteiger partial charge in [0.25, 0.3) is 0 Å². The third kappa shape index (κ3) is 1.95. The van der Waals surface area contributed by atoms with E-state index in [9.17, 15) is 0 Å². The van der Waals surface area contributed by atoms with Gasteiger partial charge in [0.2, 0.25) is 11.9 Å². The normalized spacial score (nSPS) is 10.5. The van der Waals surface area contributed by atoms with Crippen molar-refractivity contribution in [1.82, 2.24) is 19.7 Å². The maximum absolute atomic E-state index is 5.73. The zero-order chi connectivity index (χ0) is 11.0. The van der Waals surface area contributed by atoms with Crippen LogP contribution in [-0.2, 0) is 0 Å². The highest BCUT2D eigenvalue weighted by Crippen LogP contribution is 2.19. The first-order valence-corrected chi connectivity index (χ1v) is 4.63. The Morgan fingerprint density at radius 1 is 1.07 bits per heavy atom. The summed E-state index contributed by atoms with van der Waals surface area (Å²) in [7, 11) is 0. The minimum absolute atomic E-state index is 0.0801. The number of hydrogen-bond donors (Lipinski definition) is 2. The van der Waals surface area contributed by atoms with Crippen molar-refractivity contribution in [2.24, 2.45) is 0 Å². The molecule has 0 spiro atoms. The molecular formula is C7H6Cl2N6. The van der Waals surface area contributed by atoms with E-state index in [1.165, 1.54) is 4.68 Å². The van der Waals surface area contributed by atoms with Crippen molar-refractivity contribution in [3.05, 3.63) is 22.4 Å². The molecule has 0 radical (unpaired) electrons. The first-order valence-electron chi connectivity index (χ1n) is 3.88. The van der Waals surface area contributed by atoms with Crippen LogP contribution in [0.2, 0.25) is 10.3 Å². The second kappa shape index (κ2) is 3.56. The molecule has 0 aromatic carbocycles. The zero-order valence-electron chi connectivity index (χ0n) is 7.35. The third-order valence-electron chi connectivity index (χ3n) is 1.64. The SMILES string of the molecule is Nc1nc(N)n(-c2cc(Cl)nc(Cl)c2)n1. The molecule has 0 saturated heterocycles. The molecule has 2 aromatic heterocycles. The smallest absolute Gasteiger partial charge is 0.241 e. The number of nitrogens with two attached hydrogens (primary N) is 2. The topological polar surface area (TPSA) is 95.6 Å². The number of pyridine rings is 1. The summed E-state index contributed by atoms with van der Waals surface area (Å²) in [5, 5.41) is 4.36. The van der Waals surface area contributed by atoms with Gasteiger partial charge in [0, 0.05) is 12.1 Å². The van der Waals surface area contributed by atoms with Crippen LogP contribution in [0.5, 0.6) is 0 Å². The van der Waals surface area contributed by atoms with Crippen LogP contribution in [0, 0.1) is 0 Å². The number of rotatable bonds is 1. The maximum Gasteiger partial charge on any atom is 0.241 e. The lowest BCUT2D eigenvalue weighted by Crippen LogP contribution is -2.03. The van der Waals surface area contributed by atoms with Crippen molar-refractivity contribution < 1.29 is 0 Å². The molecular weight excluding hydrogens is 239 g/mol. The van der Waals surface area contributed by atoms with Gasteiger partial charge in [-0.25, -0.2) is 4.98 Å². The summed E-state index contributed by atoms with van der Waals surface area (Å²) >= 11 is 11.5. The van der Waals surface area contributed by atoms with Gasteiger partial charge in [-0.1, -0.05) is 23.2 Å². The van der Waals surface area contributed by atoms with E-state index in [4.69, 9.17) is 34.7 Å². The van der Waals surface area contributed by atoms with E-state index in [2.05, 4.69) is 15.1 Å². The van der Waals surface area contributed by atoms with Gasteiger partial charge in [-0.05, 0) is 0 Å². The second-order valence-electron chi connectivity index (χ2n) is 2.71. The van der Waals surface area contributed by atoms with Crippen LogP contribution in [0.25, 0.3) is 5.69 Å². The minimum Gasteiger partial charge on any atom is -0.368 e. The third-order valence-corrected chi connectivity index (χ3v) is 2.03. The molecule has 0 saturated carbocycles. The van der Waals surface area contributed by atoms with E-state index >= 15 is 0 Å². The second-order valence-corrected chi connectivity index (χ2v) is 3.49. The summed E-state index contributed by atoms with van der Waals surface area (Å²) < 4.78 is 1.33. The summed E-state index contributed by atoms with van der Waals surface area (Å²) in [6.45, 7) is 0. The largest absolute Gasteiger partial charge is 0.368 e. The van der Waals surface area contributed by atoms with Crippen LogP contribution in [0.15, 0.2) is 12.1 Å². The van der Waals surface area contributed by atoms with Crippen molar-refractivity contribution in [2.45, 2.75) is 0 Å². The molecule has 2 rings (SSSR count). The molecule has 0 aliphatic carbocycles. The number of aromatic nitrogens is 4. The standard InChI is InChI=1S/C7H6Cl2N6/c8-4-1-3(2-5(9)12-4)15-7(11)13-6(10)14-15/h1-2H,(H4,10,11,13,14). The Bertz CT molecular complexity index is 488. The highest BCUT2D eigenvalue weighted by molar-refractivity contribution is 6.32. The van der Waals surface area contributed by atoms with Crippen LogP contribution in [-0.4, -0.2) is 19.7 Å². The first kappa shape index (κ1) is 10.0. The van der Waals surface area contributed by atoms with Crippen LogP contribution in [0.1, 0.15) is 0 Å². The van der Waals surface area contributed by atoms with Gasteiger partial charge in [-0.3, -0.25) is 0 Å². The molecule has 8 heteroatoms. The summed E-state index contributed by atoms with van der Waals surface area (Å²) in [6.07, 6.45) is 0. The summed E-state index contributed by atoms with van der Waals surface area (Å²) in [5.74, 6) is 0.238. The Balaban J connectivity index is 2.58. The van der Waals surface area contributed by atoms with E-state index in [0.717, 1.165) is 0 Å². The summed E-state index contributed by atoms with van der Waals surface area (Å²) in [6, 6.07) is 3.11. The van der Waals surface area contributed by atoms with Crippen molar-refractivity contribution in [2.75, 3.05) is 11.5 Å². The quantitative estimate of drug-likeness (QED) is 0.734. The highest BCUT2D eigenvalue weighted by Gasteiger charge is 2.08. The molecule has 0 bridgehead atoms. The van der Waals surface area contributed by atoms with Crippen LogP contribution in [0.3, 0.4) is 0 Å². The van der Waals surface area contributed by atoms with Gasteiger partial charge in [0.05, 0.1) is 5.69 Å². The first-order chi connectivity index (χ1) is 7.06. The molecule has 4 N–H and O–H groups in total. The molecule has 15 heavy (non-hydrogen) atoms. The Labute approximate surface area is 94.8 Å². The van der Waals surface area contributed by atoms with Crippen LogP contribution < -0.4 is 11.5 Å². The van der Waals surface area contributed by atoms with Gasteiger partial charge in [0.1, 0.15) is 10.3 Å². The number of nitrogens with zero attached hydrogens (tertiary/aromatic N) is 4. The van der Waals surface area contributed by atoms with Crippen molar-refractivity contribution >= 4 is 35.1 Å². The lowest BCUT2D eigenvalue weighted by atomic mass is 10.4. The van der Waals surface area contributed by atoms with E-state index in [0.29, 0.717) is 5.69 Å². The fraction of sp³-hybridized carbons (Fsp3) is 0. The predicted octanol–water partition coefficient (Wildman–Crippen LogP) is 1.13. The van der Waals surface area contributed by atoms with Gasteiger partial charge in [0.15, 0.2) is 0 Å². The van der Waals surface area contributed by atoms with E-state index in [1.807, 2.05) is 0 Å². The molecule has 6 nitrogen and oxygen atoms in total. The lowest BCUT2D eigenvalue weighted by Gasteiger charge is -2.02. The molecule has 0 fully saturated rings. The van der Waals surface area contributed by atoms with Crippen molar-refractivity contribution in [3.63, 3.8) is 0 Å². The Morgan fingerprint density at radius 3 is 2.13 bits per heavy atom. The lowest BCUT2D eigenvalue weighted by molar-refractivity contribution is 0.892. The molecule has 0 aliphatic heterocycles. The minimum atomic E-state index is 0.0801. The van der Waals surface area contributed by atoms with Gasteiger partial charge in [-0.15, -0.1) is 5.10 Å². The molecule has 0 unspecified atom stereocenters. The number of hydrogen-bond acceptors (Lipinski definition) is 5. The van der Waals surface area contributed by atoms with E-state index in [1.54, 1.807) is 12.1 Å². The average molecular weight is 245 g/mol. The zero-order valence-corrected chi connectivity index (χ0v) is 8.87. The van der Waals surface area contributed by atoms with Crippen molar-refractivity contribution in [1.29, 1.82) is 0 Å². The molecule has 2 heterocycles. The number of anilines is 2. The van der Waals surface area contributed by atoms with Crippen molar-refractivity contribution in [3.8, 4) is 5.69 Å². The Kier molecular flexibility index (Phi) is 2.37. The molecule has 2 aromatic rings. The highest BCUT2D eigenvalue weighted by atomic mass is 35.5. The average Bonchev–Trinajstić information content (AvgIpc) is 2.43. The van der Waals surface area contributed by atoms with Crippen LogP contribution in [0.4, 0.5) is 11.9 Å². The summed E-state index contributed by atoms with van der Waals surface area (Å²) in [4.78, 5) is 7.54. The molecule has 78 valence electrons. The van der Waals surface area contributed by atoms with E-state index in [-0.39, 0.29) is 22.2 Å². The predicted molar refractivity (Wildman–Crippen MR) is 58.0 cm³/mol. The van der Waals surface area contributed by atoms with Gasteiger partial charge in [-0.2, -0.15) is 9.67 Å². The van der Waals surface area contributed by atoms with Gasteiger partial charge >= 0.3 is 0 Å². The van der Waals surface area contributed by atoms with Crippen LogP contribution >= 0.6 is 23.2 Å². The monoisotopic (exact) mass is 244 g/mol. The fourth-order valence-corrected chi connectivity index (χ4v) is 1.55. The molecule has 0 amide bonds. The molecule has 0 aliphatic rings. The Hall–Kier alpha value is -1.53. The van der Waals surface area contributed by atoms with E-state index < -0.39 is 0 Å². The summed E-state index contributed by atoms with van der Waals surface area (Å²) in [5.41, 5.74) is 11.5. The number of nitrogen functional groups attached to an aromatic ring is 2. The molecule has 0 atom stereocenters.